The predicted octanol–water partition coefficient (Wildman–Crippen LogP) is 4.41. The molecule has 0 saturated carbocycles. The third kappa shape index (κ3) is 4.79. The first kappa shape index (κ1) is 23.3. The zero-order valence-electron chi connectivity index (χ0n) is 18.4. The fraction of sp³-hybridized carbons (Fsp3) is 0.217. The number of nitrogens with zero attached hydrogens (tertiary/aromatic N) is 2. The molecule has 1 aromatic carbocycles. The van der Waals surface area contributed by atoms with Crippen LogP contribution >= 0.6 is 0 Å². The van der Waals surface area contributed by atoms with Crippen LogP contribution in [-0.4, -0.2) is 42.6 Å². The number of allylic oxidation sites excluding steroid dienone is 2. The minimum atomic E-state index is -1.11. The Morgan fingerprint density at radius 2 is 1.55 bits per heavy atom. The molecule has 33 heavy (non-hydrogen) atoms. The van der Waals surface area contributed by atoms with E-state index in [9.17, 15) is 19.5 Å². The van der Waals surface area contributed by atoms with E-state index in [2.05, 4.69) is 14.5 Å². The van der Waals surface area contributed by atoms with Crippen molar-refractivity contribution >= 4 is 24.0 Å². The number of aromatic carboxylic acids is 1. The average molecular weight is 454 g/mol. The molecule has 10 heteroatoms. The molecule has 0 bridgehead atoms. The second kappa shape index (κ2) is 9.86. The van der Waals surface area contributed by atoms with Crippen molar-refractivity contribution in [2.75, 3.05) is 19.1 Å². The summed E-state index contributed by atoms with van der Waals surface area (Å²) in [5.74, 6) is -1.72. The highest BCUT2D eigenvalue weighted by Crippen LogP contribution is 2.44. The van der Waals surface area contributed by atoms with Gasteiger partial charge in [-0.3, -0.25) is 4.98 Å². The maximum Gasteiger partial charge on any atom is 0.513 e. The second-order valence-electron chi connectivity index (χ2n) is 6.92. The van der Waals surface area contributed by atoms with Crippen molar-refractivity contribution in [2.24, 2.45) is 0 Å². The lowest BCUT2D eigenvalue weighted by Gasteiger charge is -2.37. The van der Waals surface area contributed by atoms with Gasteiger partial charge < -0.3 is 29.0 Å². The van der Waals surface area contributed by atoms with Crippen molar-refractivity contribution in [3.63, 3.8) is 0 Å². The number of carboxylic acids is 1. The van der Waals surface area contributed by atoms with Crippen LogP contribution in [0.15, 0.2) is 71.7 Å². The molecule has 2 heterocycles. The summed E-state index contributed by atoms with van der Waals surface area (Å²) in [5.41, 5.74) is 1.98. The van der Waals surface area contributed by atoms with E-state index in [1.165, 1.54) is 26.4 Å². The van der Waals surface area contributed by atoms with Gasteiger partial charge >= 0.3 is 18.3 Å². The number of carbonyl (C=O) groups excluding carboxylic acids is 2. The van der Waals surface area contributed by atoms with Crippen LogP contribution in [0.2, 0.25) is 0 Å². The average Bonchev–Trinajstić information content (AvgIpc) is 2.82. The van der Waals surface area contributed by atoms with Crippen LogP contribution in [0.3, 0.4) is 0 Å². The summed E-state index contributed by atoms with van der Waals surface area (Å²) in [6.07, 6.45) is 1.17. The summed E-state index contributed by atoms with van der Waals surface area (Å²) in [4.78, 5) is 41.5. The Hall–Kier alpha value is -4.34. The molecular formula is C23H22N2O8. The van der Waals surface area contributed by atoms with Gasteiger partial charge in [0.25, 0.3) is 0 Å². The molecule has 0 aliphatic carbocycles. The fourth-order valence-corrected chi connectivity index (χ4v) is 3.55. The van der Waals surface area contributed by atoms with Gasteiger partial charge in [0.1, 0.15) is 17.4 Å². The lowest BCUT2D eigenvalue weighted by molar-refractivity contribution is 0.0695. The van der Waals surface area contributed by atoms with Gasteiger partial charge in [0.05, 0.1) is 31.2 Å². The maximum atomic E-state index is 12.1. The minimum Gasteiger partial charge on any atom is -0.478 e. The molecule has 3 rings (SSSR count). The lowest BCUT2D eigenvalue weighted by atomic mass is 9.90. The van der Waals surface area contributed by atoms with Crippen molar-refractivity contribution in [2.45, 2.75) is 19.8 Å². The molecule has 1 N–H and O–H groups in total. The van der Waals surface area contributed by atoms with E-state index in [0.717, 1.165) is 0 Å². The number of hydrogen-bond acceptors (Lipinski definition) is 9. The Kier molecular flexibility index (Phi) is 6.97. The number of ether oxygens (including phenoxy) is 4. The van der Waals surface area contributed by atoms with Crippen LogP contribution in [0.25, 0.3) is 0 Å². The van der Waals surface area contributed by atoms with E-state index in [1.807, 2.05) is 0 Å². The number of benzene rings is 1. The molecule has 0 atom stereocenters. The normalized spacial score (nSPS) is 14.1. The molecule has 1 aliphatic rings. The topological polar surface area (TPSA) is 124 Å². The van der Waals surface area contributed by atoms with Crippen molar-refractivity contribution in [1.29, 1.82) is 0 Å². The van der Waals surface area contributed by atoms with Crippen molar-refractivity contribution < 1.29 is 38.4 Å². The summed E-state index contributed by atoms with van der Waals surface area (Å²) >= 11 is 0. The Morgan fingerprint density at radius 3 is 2.03 bits per heavy atom. The monoisotopic (exact) mass is 454 g/mol. The number of carboxylic acid groups (broad SMARTS) is 1. The minimum absolute atomic E-state index is 0.0494. The Morgan fingerprint density at radius 1 is 0.939 bits per heavy atom. The van der Waals surface area contributed by atoms with Gasteiger partial charge in [-0.2, -0.15) is 0 Å². The van der Waals surface area contributed by atoms with Crippen LogP contribution in [0.5, 0.6) is 0 Å². The number of methoxy groups -OCH3 is 2. The molecule has 0 spiro atoms. The molecular weight excluding hydrogens is 432 g/mol. The van der Waals surface area contributed by atoms with Crippen LogP contribution in [0.1, 0.15) is 35.7 Å². The fourth-order valence-electron chi connectivity index (χ4n) is 3.55. The molecule has 172 valence electrons. The SMILES string of the molecule is COC(=O)OC1=C(C)N(c2cccc(C(=O)O)c2)C(C)=C(OC(=O)OC)C1c1cccnc1. The van der Waals surface area contributed by atoms with Gasteiger partial charge in [0.2, 0.25) is 0 Å². The number of aromatic nitrogens is 1. The standard InChI is InChI=1S/C23H22N2O8/c1-13-19(32-22(28)30-3)18(16-8-6-10-24-12-16)20(33-23(29)31-4)14(2)25(13)17-9-5-7-15(11-17)21(26)27/h5-12,18H,1-4H3,(H,26,27). The van der Waals surface area contributed by atoms with E-state index < -0.39 is 24.2 Å². The largest absolute Gasteiger partial charge is 0.513 e. The summed E-state index contributed by atoms with van der Waals surface area (Å²) in [6.45, 7) is 3.38. The second-order valence-corrected chi connectivity index (χ2v) is 6.92. The third-order valence-corrected chi connectivity index (χ3v) is 5.00. The van der Waals surface area contributed by atoms with E-state index >= 15 is 0 Å². The van der Waals surface area contributed by atoms with E-state index in [-0.39, 0.29) is 17.1 Å². The van der Waals surface area contributed by atoms with Gasteiger partial charge in [-0.1, -0.05) is 12.1 Å². The molecule has 0 radical (unpaired) electrons. The number of rotatable bonds is 5. The first-order chi connectivity index (χ1) is 15.8. The summed E-state index contributed by atoms with van der Waals surface area (Å²) in [5, 5.41) is 9.41. The Bertz CT molecular complexity index is 1100. The maximum absolute atomic E-state index is 12.1. The van der Waals surface area contributed by atoms with Gasteiger partial charge in [0, 0.05) is 18.1 Å². The molecule has 10 nitrogen and oxygen atoms in total. The Balaban J connectivity index is 2.27. The molecule has 1 aromatic heterocycles. The van der Waals surface area contributed by atoms with Crippen molar-refractivity contribution in [3.05, 3.63) is 82.8 Å². The first-order valence-electron chi connectivity index (χ1n) is 9.75. The molecule has 0 saturated heterocycles. The number of pyridine rings is 1. The third-order valence-electron chi connectivity index (χ3n) is 5.00. The number of anilines is 1. The van der Waals surface area contributed by atoms with E-state index in [1.54, 1.807) is 55.4 Å². The van der Waals surface area contributed by atoms with Gasteiger partial charge in [-0.05, 0) is 43.7 Å². The first-order valence-corrected chi connectivity index (χ1v) is 9.75. The zero-order valence-corrected chi connectivity index (χ0v) is 18.4. The molecule has 1 aliphatic heterocycles. The summed E-state index contributed by atoms with van der Waals surface area (Å²) in [6, 6.07) is 9.58. The number of hydrogen-bond donors (Lipinski definition) is 1. The lowest BCUT2D eigenvalue weighted by Crippen LogP contribution is -2.32. The van der Waals surface area contributed by atoms with Gasteiger partial charge in [-0.25, -0.2) is 14.4 Å². The molecule has 0 amide bonds. The van der Waals surface area contributed by atoms with E-state index in [4.69, 9.17) is 9.47 Å². The Labute approximate surface area is 189 Å². The quantitative estimate of drug-likeness (QED) is 0.649. The van der Waals surface area contributed by atoms with Gasteiger partial charge in [0.15, 0.2) is 0 Å². The summed E-state index contributed by atoms with van der Waals surface area (Å²) < 4.78 is 20.4. The smallest absolute Gasteiger partial charge is 0.478 e. The zero-order chi connectivity index (χ0) is 24.1. The van der Waals surface area contributed by atoms with Crippen molar-refractivity contribution in [1.82, 2.24) is 4.98 Å². The van der Waals surface area contributed by atoms with Crippen LogP contribution in [-0.2, 0) is 18.9 Å². The predicted molar refractivity (Wildman–Crippen MR) is 115 cm³/mol. The highest BCUT2D eigenvalue weighted by Gasteiger charge is 2.39. The highest BCUT2D eigenvalue weighted by molar-refractivity contribution is 5.89. The molecule has 0 unspecified atom stereocenters. The van der Waals surface area contributed by atoms with E-state index in [0.29, 0.717) is 22.6 Å². The van der Waals surface area contributed by atoms with Crippen LogP contribution in [0, 0.1) is 0 Å². The molecule has 0 fully saturated rings. The number of carbonyl (C=O) groups is 3. The van der Waals surface area contributed by atoms with Crippen LogP contribution < -0.4 is 4.90 Å². The molecule has 2 aromatic rings. The highest BCUT2D eigenvalue weighted by atomic mass is 16.7. The summed E-state index contributed by atoms with van der Waals surface area (Å²) in [7, 11) is 2.34. The van der Waals surface area contributed by atoms with Crippen LogP contribution in [0.4, 0.5) is 15.3 Å². The van der Waals surface area contributed by atoms with Crippen molar-refractivity contribution in [3.8, 4) is 0 Å². The van der Waals surface area contributed by atoms with Gasteiger partial charge in [-0.15, -0.1) is 0 Å².